The van der Waals surface area contributed by atoms with Gasteiger partial charge in [-0.3, -0.25) is 9.59 Å². The molecule has 1 fully saturated rings. The molecule has 0 aliphatic carbocycles. The van der Waals surface area contributed by atoms with Crippen molar-refractivity contribution in [2.24, 2.45) is 0 Å². The fourth-order valence-corrected chi connectivity index (χ4v) is 4.39. The van der Waals surface area contributed by atoms with Gasteiger partial charge in [0.15, 0.2) is 6.10 Å². The standard InChI is InChI=1S/C21H30N2O4S/c1-14-9-8-10-15(2)23(14)20(25)16(3)27-21(26)17-11-6-7-12-18(17)28-13-19(24)22(4)5/h6-7,11-12,14-16H,8-10,13H2,1-5H3/t14-,15-,16+/m0/s1. The minimum absolute atomic E-state index is 0.0372. The molecule has 3 atom stereocenters. The monoisotopic (exact) mass is 406 g/mol. The fourth-order valence-electron chi connectivity index (χ4n) is 3.37. The van der Waals surface area contributed by atoms with Crippen molar-refractivity contribution in [3.8, 4) is 0 Å². The van der Waals surface area contributed by atoms with Crippen molar-refractivity contribution in [2.45, 2.75) is 63.1 Å². The lowest BCUT2D eigenvalue weighted by Crippen LogP contribution is -2.51. The van der Waals surface area contributed by atoms with Gasteiger partial charge in [-0.2, -0.15) is 0 Å². The molecule has 0 spiro atoms. The number of carbonyl (C=O) groups is 3. The van der Waals surface area contributed by atoms with Crippen LogP contribution in [-0.2, 0) is 14.3 Å². The Labute approximate surface area is 171 Å². The van der Waals surface area contributed by atoms with Crippen LogP contribution in [-0.4, -0.2) is 65.6 Å². The Morgan fingerprint density at radius 3 is 2.39 bits per heavy atom. The number of esters is 1. The molecule has 7 heteroatoms. The maximum absolute atomic E-state index is 12.9. The summed E-state index contributed by atoms with van der Waals surface area (Å²) in [6.45, 7) is 5.70. The first-order valence-electron chi connectivity index (χ1n) is 9.67. The van der Waals surface area contributed by atoms with Gasteiger partial charge in [0.05, 0.1) is 11.3 Å². The zero-order chi connectivity index (χ0) is 20.8. The molecule has 1 aromatic rings. The van der Waals surface area contributed by atoms with Gasteiger partial charge in [0.25, 0.3) is 5.91 Å². The van der Waals surface area contributed by atoms with E-state index in [0.29, 0.717) is 10.5 Å². The Hall–Kier alpha value is -2.02. The third-order valence-electron chi connectivity index (χ3n) is 5.04. The van der Waals surface area contributed by atoms with E-state index in [-0.39, 0.29) is 29.7 Å². The Bertz CT molecular complexity index is 712. The number of rotatable bonds is 6. The maximum atomic E-state index is 12.9. The number of thioether (sulfide) groups is 1. The van der Waals surface area contributed by atoms with Crippen molar-refractivity contribution in [1.82, 2.24) is 9.80 Å². The molecule has 2 amide bonds. The van der Waals surface area contributed by atoms with Crippen molar-refractivity contribution in [1.29, 1.82) is 0 Å². The van der Waals surface area contributed by atoms with Crippen molar-refractivity contribution in [3.05, 3.63) is 29.8 Å². The highest BCUT2D eigenvalue weighted by molar-refractivity contribution is 8.00. The van der Waals surface area contributed by atoms with Crippen molar-refractivity contribution in [2.75, 3.05) is 19.8 Å². The molecule has 2 rings (SSSR count). The van der Waals surface area contributed by atoms with Gasteiger partial charge in [-0.1, -0.05) is 12.1 Å². The SMILES string of the molecule is C[C@@H](OC(=O)c1ccccc1SCC(=O)N(C)C)C(=O)N1[C@@H](C)CCC[C@@H]1C. The van der Waals surface area contributed by atoms with Crippen molar-refractivity contribution < 1.29 is 19.1 Å². The number of nitrogens with zero attached hydrogens (tertiary/aromatic N) is 2. The molecule has 0 bridgehead atoms. The summed E-state index contributed by atoms with van der Waals surface area (Å²) < 4.78 is 5.50. The van der Waals surface area contributed by atoms with E-state index < -0.39 is 12.1 Å². The molecule has 1 aliphatic rings. The lowest BCUT2D eigenvalue weighted by molar-refractivity contribution is -0.146. The molecule has 0 N–H and O–H groups in total. The van der Waals surface area contributed by atoms with E-state index in [0.717, 1.165) is 19.3 Å². The molecule has 154 valence electrons. The molecule has 0 unspecified atom stereocenters. The molecular formula is C21H30N2O4S. The van der Waals surface area contributed by atoms with Gasteiger partial charge in [0.1, 0.15) is 0 Å². The highest BCUT2D eigenvalue weighted by Crippen LogP contribution is 2.26. The van der Waals surface area contributed by atoms with Crippen LogP contribution in [0.1, 0.15) is 50.4 Å². The summed E-state index contributed by atoms with van der Waals surface area (Å²) >= 11 is 1.29. The number of piperidine rings is 1. The molecule has 1 aliphatic heterocycles. The molecule has 0 aromatic heterocycles. The molecule has 1 aromatic carbocycles. The van der Waals surface area contributed by atoms with E-state index in [1.165, 1.54) is 16.7 Å². The first-order chi connectivity index (χ1) is 13.2. The molecule has 0 saturated carbocycles. The maximum Gasteiger partial charge on any atom is 0.340 e. The quantitative estimate of drug-likeness (QED) is 0.536. The molecule has 28 heavy (non-hydrogen) atoms. The average molecular weight is 407 g/mol. The van der Waals surface area contributed by atoms with E-state index in [1.807, 2.05) is 24.8 Å². The molecule has 1 saturated heterocycles. The third-order valence-corrected chi connectivity index (χ3v) is 6.09. The average Bonchev–Trinajstić information content (AvgIpc) is 2.65. The lowest BCUT2D eigenvalue weighted by atomic mass is 9.97. The second kappa shape index (κ2) is 9.96. The smallest absolute Gasteiger partial charge is 0.340 e. The molecule has 6 nitrogen and oxygen atoms in total. The lowest BCUT2D eigenvalue weighted by Gasteiger charge is -2.40. The predicted molar refractivity (Wildman–Crippen MR) is 110 cm³/mol. The van der Waals surface area contributed by atoms with Gasteiger partial charge in [0.2, 0.25) is 5.91 Å². The van der Waals surface area contributed by atoms with Crippen LogP contribution in [0.25, 0.3) is 0 Å². The van der Waals surface area contributed by atoms with Crippen molar-refractivity contribution in [3.63, 3.8) is 0 Å². The van der Waals surface area contributed by atoms with Crippen LogP contribution >= 0.6 is 11.8 Å². The number of ether oxygens (including phenoxy) is 1. The Balaban J connectivity index is 2.05. The summed E-state index contributed by atoms with van der Waals surface area (Å²) in [4.78, 5) is 41.4. The number of hydrogen-bond acceptors (Lipinski definition) is 5. The van der Waals surface area contributed by atoms with Crippen LogP contribution in [0.2, 0.25) is 0 Å². The number of carbonyl (C=O) groups excluding carboxylic acids is 3. The largest absolute Gasteiger partial charge is 0.449 e. The van der Waals surface area contributed by atoms with Crippen LogP contribution in [0.15, 0.2) is 29.2 Å². The highest BCUT2D eigenvalue weighted by Gasteiger charge is 2.33. The summed E-state index contributed by atoms with van der Waals surface area (Å²) in [5, 5.41) is 0. The summed E-state index contributed by atoms with van der Waals surface area (Å²) in [6, 6.07) is 7.30. The summed E-state index contributed by atoms with van der Waals surface area (Å²) in [5.74, 6) is -0.501. The topological polar surface area (TPSA) is 66.9 Å². The normalized spacial score (nSPS) is 20.4. The van der Waals surface area contributed by atoms with Gasteiger partial charge in [-0.05, 0) is 52.2 Å². The number of benzene rings is 1. The number of hydrogen-bond donors (Lipinski definition) is 0. The van der Waals surface area contributed by atoms with Gasteiger partial charge < -0.3 is 14.5 Å². The number of likely N-dealkylation sites (tertiary alicyclic amines) is 1. The minimum Gasteiger partial charge on any atom is -0.449 e. The van der Waals surface area contributed by atoms with E-state index in [9.17, 15) is 14.4 Å². The number of amides is 2. The van der Waals surface area contributed by atoms with Gasteiger partial charge >= 0.3 is 5.97 Å². The van der Waals surface area contributed by atoms with Gasteiger partial charge in [-0.15, -0.1) is 11.8 Å². The first-order valence-corrected chi connectivity index (χ1v) is 10.7. The summed E-state index contributed by atoms with van der Waals surface area (Å²) in [6.07, 6.45) is 2.19. The minimum atomic E-state index is -0.850. The van der Waals surface area contributed by atoms with E-state index in [2.05, 4.69) is 0 Å². The van der Waals surface area contributed by atoms with E-state index >= 15 is 0 Å². The fraction of sp³-hybridized carbons (Fsp3) is 0.571. The zero-order valence-corrected chi connectivity index (χ0v) is 18.1. The third kappa shape index (κ3) is 5.50. The Kier molecular flexibility index (Phi) is 7.92. The van der Waals surface area contributed by atoms with Crippen LogP contribution < -0.4 is 0 Å². The molecule has 1 heterocycles. The van der Waals surface area contributed by atoms with Gasteiger partial charge in [-0.25, -0.2) is 4.79 Å². The van der Waals surface area contributed by atoms with Crippen LogP contribution in [0, 0.1) is 0 Å². The summed E-state index contributed by atoms with van der Waals surface area (Å²) in [7, 11) is 3.39. The van der Waals surface area contributed by atoms with E-state index in [4.69, 9.17) is 4.74 Å². The summed E-state index contributed by atoms with van der Waals surface area (Å²) in [5.41, 5.74) is 0.374. The zero-order valence-electron chi connectivity index (χ0n) is 17.3. The molecule has 0 radical (unpaired) electrons. The van der Waals surface area contributed by atoms with Crippen LogP contribution in [0.5, 0.6) is 0 Å². The predicted octanol–water partition coefficient (Wildman–Crippen LogP) is 3.20. The molecular weight excluding hydrogens is 376 g/mol. The van der Waals surface area contributed by atoms with Gasteiger partial charge in [0, 0.05) is 31.1 Å². The second-order valence-electron chi connectivity index (χ2n) is 7.49. The second-order valence-corrected chi connectivity index (χ2v) is 8.51. The highest BCUT2D eigenvalue weighted by atomic mass is 32.2. The van der Waals surface area contributed by atoms with E-state index in [1.54, 1.807) is 39.2 Å². The Morgan fingerprint density at radius 2 is 1.79 bits per heavy atom. The van der Waals surface area contributed by atoms with Crippen LogP contribution in [0.4, 0.5) is 0 Å². The Morgan fingerprint density at radius 1 is 1.18 bits per heavy atom. The first kappa shape index (κ1) is 22.3. The van der Waals surface area contributed by atoms with Crippen LogP contribution in [0.3, 0.4) is 0 Å². The van der Waals surface area contributed by atoms with Crippen molar-refractivity contribution >= 4 is 29.5 Å².